The molecule has 0 saturated carbocycles. The molecule has 1 aliphatic heterocycles. The summed E-state index contributed by atoms with van der Waals surface area (Å²) in [7, 11) is -3.72. The van der Waals surface area contributed by atoms with Crippen molar-refractivity contribution in [1.29, 1.82) is 0 Å². The van der Waals surface area contributed by atoms with Gasteiger partial charge in [0.1, 0.15) is 4.21 Å². The van der Waals surface area contributed by atoms with Gasteiger partial charge in [0.25, 0.3) is 15.6 Å². The van der Waals surface area contributed by atoms with Crippen LogP contribution in [0, 0.1) is 11.8 Å². The van der Waals surface area contributed by atoms with Crippen molar-refractivity contribution in [3.05, 3.63) is 46.8 Å². The van der Waals surface area contributed by atoms with Crippen LogP contribution in [-0.4, -0.2) is 68.1 Å². The quantitative estimate of drug-likeness (QED) is 0.448. The molecule has 0 amide bonds. The molecule has 0 unspecified atom stereocenters. The molecule has 6 nitrogen and oxygen atoms in total. The zero-order valence-electron chi connectivity index (χ0n) is 17.9. The van der Waals surface area contributed by atoms with E-state index >= 15 is 0 Å². The summed E-state index contributed by atoms with van der Waals surface area (Å²) in [6, 6.07) is 5.10. The van der Waals surface area contributed by atoms with Crippen LogP contribution in [0.1, 0.15) is 17.5 Å². The molecule has 2 aromatic rings. The van der Waals surface area contributed by atoms with Gasteiger partial charge in [-0.2, -0.15) is 30.6 Å². The van der Waals surface area contributed by atoms with Gasteiger partial charge in [0.15, 0.2) is 0 Å². The standard InChI is InChI=1S/C21H20F6N2O4S2/c22-20(23,24)19(31,21(25,26)27)16-6-7-17(15(14-16)4-1-2-12-30)28-8-10-29(11-9-28)35(32,33)18-5-3-13-34-18/h3,5-7,13-14,30-31H,2,8-12H2. The molecule has 0 aliphatic carbocycles. The van der Waals surface area contributed by atoms with Gasteiger partial charge >= 0.3 is 12.4 Å². The molecule has 1 fully saturated rings. The Morgan fingerprint density at radius 2 is 1.63 bits per heavy atom. The predicted octanol–water partition coefficient (Wildman–Crippen LogP) is 3.31. The fourth-order valence-corrected chi connectivity index (χ4v) is 6.11. The number of aliphatic hydroxyl groups excluding tert-OH is 1. The van der Waals surface area contributed by atoms with Crippen LogP contribution in [0.3, 0.4) is 0 Å². The van der Waals surface area contributed by atoms with Crippen molar-refractivity contribution in [2.75, 3.05) is 37.7 Å². The van der Waals surface area contributed by atoms with E-state index in [9.17, 15) is 39.9 Å². The summed E-state index contributed by atoms with van der Waals surface area (Å²) in [6.07, 6.45) is -12.2. The number of thiophene rings is 1. The number of nitrogens with zero attached hydrogens (tertiary/aromatic N) is 2. The monoisotopic (exact) mass is 542 g/mol. The number of anilines is 1. The minimum Gasteiger partial charge on any atom is -0.395 e. The van der Waals surface area contributed by atoms with Crippen LogP contribution >= 0.6 is 11.3 Å². The maximum absolute atomic E-state index is 13.3. The molecule has 14 heteroatoms. The summed E-state index contributed by atoms with van der Waals surface area (Å²) in [4.78, 5) is 1.59. The third kappa shape index (κ3) is 5.29. The molecule has 35 heavy (non-hydrogen) atoms. The van der Waals surface area contributed by atoms with E-state index in [0.29, 0.717) is 12.1 Å². The van der Waals surface area contributed by atoms with Crippen molar-refractivity contribution in [3.8, 4) is 11.8 Å². The number of rotatable bonds is 5. The van der Waals surface area contributed by atoms with E-state index in [1.807, 2.05) is 0 Å². The Bertz CT molecular complexity index is 1180. The molecular weight excluding hydrogens is 522 g/mol. The Hall–Kier alpha value is -2.31. The molecule has 1 aromatic heterocycles. The molecule has 0 atom stereocenters. The van der Waals surface area contributed by atoms with E-state index in [0.717, 1.165) is 17.4 Å². The van der Waals surface area contributed by atoms with Crippen LogP contribution in [0.25, 0.3) is 0 Å². The summed E-state index contributed by atoms with van der Waals surface area (Å²) in [5.74, 6) is 4.93. The second-order valence-electron chi connectivity index (χ2n) is 7.54. The van der Waals surface area contributed by atoms with Gasteiger partial charge in [-0.25, -0.2) is 8.42 Å². The van der Waals surface area contributed by atoms with Crippen molar-refractivity contribution >= 4 is 27.0 Å². The van der Waals surface area contributed by atoms with Crippen LogP contribution < -0.4 is 4.90 Å². The minimum absolute atomic E-state index is 0.0283. The molecule has 0 radical (unpaired) electrons. The van der Waals surface area contributed by atoms with E-state index in [1.54, 1.807) is 16.3 Å². The minimum atomic E-state index is -6.05. The number of aliphatic hydroxyl groups is 2. The lowest BCUT2D eigenvalue weighted by Crippen LogP contribution is -2.54. The number of alkyl halides is 6. The highest BCUT2D eigenvalue weighted by Gasteiger charge is 2.71. The molecular formula is C21H20F6N2O4S2. The molecule has 1 aliphatic rings. The summed E-state index contributed by atoms with van der Waals surface area (Å²) < 4.78 is 107. The van der Waals surface area contributed by atoms with Gasteiger partial charge in [-0.05, 0) is 23.6 Å². The van der Waals surface area contributed by atoms with Crippen molar-refractivity contribution in [2.45, 2.75) is 28.6 Å². The van der Waals surface area contributed by atoms with Crippen LogP contribution in [0.2, 0.25) is 0 Å². The number of halogens is 6. The maximum Gasteiger partial charge on any atom is 0.430 e. The van der Waals surface area contributed by atoms with E-state index in [4.69, 9.17) is 5.11 Å². The van der Waals surface area contributed by atoms with Gasteiger partial charge < -0.3 is 15.1 Å². The zero-order chi connectivity index (χ0) is 26.1. The summed E-state index contributed by atoms with van der Waals surface area (Å²) in [6.45, 7) is -0.125. The molecule has 0 spiro atoms. The number of benzene rings is 1. The second kappa shape index (κ2) is 9.98. The van der Waals surface area contributed by atoms with Gasteiger partial charge in [0.2, 0.25) is 0 Å². The zero-order valence-corrected chi connectivity index (χ0v) is 19.5. The fraction of sp³-hybridized carbons (Fsp3) is 0.429. The first-order valence-electron chi connectivity index (χ1n) is 10.1. The van der Waals surface area contributed by atoms with Crippen molar-refractivity contribution in [3.63, 3.8) is 0 Å². The van der Waals surface area contributed by atoms with Crippen molar-refractivity contribution in [2.24, 2.45) is 0 Å². The highest BCUT2D eigenvalue weighted by molar-refractivity contribution is 7.91. The Morgan fingerprint density at radius 3 is 2.14 bits per heavy atom. The van der Waals surface area contributed by atoms with E-state index in [-0.39, 0.29) is 54.7 Å². The number of piperazine rings is 1. The van der Waals surface area contributed by atoms with E-state index < -0.39 is 33.5 Å². The molecule has 2 N–H and O–H groups in total. The van der Waals surface area contributed by atoms with Crippen LogP contribution in [0.5, 0.6) is 0 Å². The van der Waals surface area contributed by atoms with Crippen LogP contribution in [0.4, 0.5) is 32.0 Å². The SMILES string of the molecule is O=S(=O)(c1cccs1)N1CCN(c2ccc(C(O)(C(F)(F)F)C(F)(F)F)cc2C#CCCO)CC1. The topological polar surface area (TPSA) is 81.1 Å². The molecule has 2 heterocycles. The van der Waals surface area contributed by atoms with Gasteiger partial charge in [-0.3, -0.25) is 0 Å². The molecule has 0 bridgehead atoms. The number of hydrogen-bond acceptors (Lipinski definition) is 6. The lowest BCUT2D eigenvalue weighted by Gasteiger charge is -2.36. The third-order valence-corrected chi connectivity index (χ3v) is 8.63. The van der Waals surface area contributed by atoms with Crippen LogP contribution in [0.15, 0.2) is 39.9 Å². The Kier molecular flexibility index (Phi) is 7.78. The first-order valence-corrected chi connectivity index (χ1v) is 12.4. The highest BCUT2D eigenvalue weighted by Crippen LogP contribution is 2.50. The average molecular weight is 543 g/mol. The van der Waals surface area contributed by atoms with Gasteiger partial charge in [-0.1, -0.05) is 24.0 Å². The van der Waals surface area contributed by atoms with Crippen LogP contribution in [-0.2, 0) is 15.6 Å². The lowest BCUT2D eigenvalue weighted by molar-refractivity contribution is -0.376. The van der Waals surface area contributed by atoms with Gasteiger partial charge in [0.05, 0.1) is 12.3 Å². The molecule has 192 valence electrons. The predicted molar refractivity (Wildman–Crippen MR) is 116 cm³/mol. The van der Waals surface area contributed by atoms with Crippen molar-refractivity contribution in [1.82, 2.24) is 4.31 Å². The number of sulfonamides is 1. The molecule has 1 aromatic carbocycles. The Balaban J connectivity index is 1.95. The van der Waals surface area contributed by atoms with E-state index in [1.165, 1.54) is 10.4 Å². The molecule has 1 saturated heterocycles. The Labute approximate surface area is 201 Å². The fourth-order valence-electron chi connectivity index (χ4n) is 3.55. The largest absolute Gasteiger partial charge is 0.430 e. The van der Waals surface area contributed by atoms with Crippen molar-refractivity contribution < 1.29 is 45.0 Å². The summed E-state index contributed by atoms with van der Waals surface area (Å²) in [5.41, 5.74) is -6.61. The lowest BCUT2D eigenvalue weighted by atomic mass is 9.90. The van der Waals surface area contributed by atoms with Gasteiger partial charge in [-0.15, -0.1) is 11.3 Å². The summed E-state index contributed by atoms with van der Waals surface area (Å²) >= 11 is 1.05. The second-order valence-corrected chi connectivity index (χ2v) is 10.6. The maximum atomic E-state index is 13.3. The highest BCUT2D eigenvalue weighted by atomic mass is 32.2. The first kappa shape index (κ1) is 27.3. The van der Waals surface area contributed by atoms with E-state index in [2.05, 4.69) is 11.8 Å². The average Bonchev–Trinajstić information content (AvgIpc) is 3.33. The Morgan fingerprint density at radius 1 is 1.00 bits per heavy atom. The van der Waals surface area contributed by atoms with Gasteiger partial charge in [0, 0.05) is 43.7 Å². The number of hydrogen-bond donors (Lipinski definition) is 2. The molecule has 3 rings (SSSR count). The third-order valence-electron chi connectivity index (χ3n) is 5.36. The first-order chi connectivity index (χ1) is 16.2. The summed E-state index contributed by atoms with van der Waals surface area (Å²) in [5, 5.41) is 20.3. The normalized spacial score (nSPS) is 16.2. The smallest absolute Gasteiger partial charge is 0.395 e.